The van der Waals surface area contributed by atoms with Crippen LogP contribution in [0.25, 0.3) is 0 Å². The third-order valence-electron chi connectivity index (χ3n) is 13.7. The van der Waals surface area contributed by atoms with Gasteiger partial charge in [0.2, 0.25) is 0 Å². The summed E-state index contributed by atoms with van der Waals surface area (Å²) in [5.74, 6) is -0.958. The molecule has 1 atom stereocenters. The predicted octanol–water partition coefficient (Wildman–Crippen LogP) is 23.3. The van der Waals surface area contributed by atoms with Crippen LogP contribution in [0.15, 0.2) is 158 Å². The maximum absolute atomic E-state index is 12.9. The minimum atomic E-state index is -0.807. The average Bonchev–Trinajstić information content (AvgIpc) is 3.48. The van der Waals surface area contributed by atoms with E-state index in [1.165, 1.54) is 89.9 Å². The van der Waals surface area contributed by atoms with Crippen molar-refractivity contribution in [2.45, 2.75) is 290 Å². The molecule has 0 aromatic rings. The summed E-state index contributed by atoms with van der Waals surface area (Å²) in [6.07, 6.45) is 99.8. The molecule has 0 aliphatic heterocycles. The Morgan fingerprint density at radius 1 is 0.256 bits per heavy atom. The average molecular weight is 1130 g/mol. The van der Waals surface area contributed by atoms with E-state index in [1.807, 2.05) is 0 Å². The van der Waals surface area contributed by atoms with Gasteiger partial charge in [0.1, 0.15) is 13.2 Å². The van der Waals surface area contributed by atoms with Crippen LogP contribution in [-0.4, -0.2) is 37.2 Å². The van der Waals surface area contributed by atoms with Crippen molar-refractivity contribution in [3.63, 3.8) is 0 Å². The van der Waals surface area contributed by atoms with E-state index in [2.05, 4.69) is 179 Å². The molecule has 0 aliphatic carbocycles. The number of hydrogen-bond acceptors (Lipinski definition) is 6. The molecule has 6 nitrogen and oxygen atoms in total. The van der Waals surface area contributed by atoms with Crippen LogP contribution in [0.3, 0.4) is 0 Å². The van der Waals surface area contributed by atoms with Gasteiger partial charge in [0.15, 0.2) is 6.10 Å². The lowest BCUT2D eigenvalue weighted by Crippen LogP contribution is -2.30. The number of unbranched alkanes of at least 4 members (excludes halogenated alkanes) is 22. The first-order valence-electron chi connectivity index (χ1n) is 33.5. The second kappa shape index (κ2) is 68.5. The summed E-state index contributed by atoms with van der Waals surface area (Å²) in [4.78, 5) is 38.3. The normalized spacial score (nSPS) is 13.2. The summed E-state index contributed by atoms with van der Waals surface area (Å²) in [6, 6.07) is 0. The Balaban J connectivity index is 4.33. The van der Waals surface area contributed by atoms with Crippen LogP contribution in [0.1, 0.15) is 284 Å². The van der Waals surface area contributed by atoms with E-state index in [0.29, 0.717) is 25.7 Å². The fourth-order valence-corrected chi connectivity index (χ4v) is 8.80. The number of carbonyl (C=O) groups excluding carboxylic acids is 3. The molecule has 82 heavy (non-hydrogen) atoms. The van der Waals surface area contributed by atoms with Crippen molar-refractivity contribution in [1.29, 1.82) is 0 Å². The number of rotatable bonds is 59. The first kappa shape index (κ1) is 77.0. The van der Waals surface area contributed by atoms with Gasteiger partial charge in [0, 0.05) is 19.3 Å². The first-order chi connectivity index (χ1) is 40.5. The molecule has 0 spiro atoms. The van der Waals surface area contributed by atoms with E-state index in [0.717, 1.165) is 148 Å². The van der Waals surface area contributed by atoms with Crippen molar-refractivity contribution in [2.75, 3.05) is 13.2 Å². The highest BCUT2D eigenvalue weighted by atomic mass is 16.6. The molecule has 1 unspecified atom stereocenters. The van der Waals surface area contributed by atoms with Gasteiger partial charge in [-0.15, -0.1) is 0 Å². The molecule has 0 N–H and O–H groups in total. The lowest BCUT2D eigenvalue weighted by molar-refractivity contribution is -0.167. The summed E-state index contributed by atoms with van der Waals surface area (Å²) in [5.41, 5.74) is 0. The maximum Gasteiger partial charge on any atom is 0.306 e. The van der Waals surface area contributed by atoms with E-state index in [4.69, 9.17) is 14.2 Å². The summed E-state index contributed by atoms with van der Waals surface area (Å²) >= 11 is 0. The molecule has 0 aromatic carbocycles. The zero-order chi connectivity index (χ0) is 59.2. The van der Waals surface area contributed by atoms with Crippen molar-refractivity contribution in [1.82, 2.24) is 0 Å². The lowest BCUT2D eigenvalue weighted by Gasteiger charge is -2.18. The number of esters is 3. The molecule has 0 saturated heterocycles. The van der Waals surface area contributed by atoms with Gasteiger partial charge in [0.25, 0.3) is 0 Å². The molecule has 0 aromatic heterocycles. The highest BCUT2D eigenvalue weighted by Gasteiger charge is 2.19. The van der Waals surface area contributed by atoms with Crippen LogP contribution in [0.4, 0.5) is 0 Å². The molecule has 0 fully saturated rings. The van der Waals surface area contributed by atoms with Gasteiger partial charge in [-0.2, -0.15) is 0 Å². The summed E-state index contributed by atoms with van der Waals surface area (Å²) in [5, 5.41) is 0. The minimum absolute atomic E-state index is 0.101. The number of allylic oxidation sites excluding steroid dienone is 26. The zero-order valence-electron chi connectivity index (χ0n) is 52.9. The Hall–Kier alpha value is -4.97. The van der Waals surface area contributed by atoms with E-state index >= 15 is 0 Å². The fraction of sp³-hybridized carbons (Fsp3) is 0.618. The number of hydrogen-bond donors (Lipinski definition) is 0. The van der Waals surface area contributed by atoms with Crippen LogP contribution >= 0.6 is 0 Å². The van der Waals surface area contributed by atoms with Gasteiger partial charge >= 0.3 is 17.9 Å². The van der Waals surface area contributed by atoms with E-state index in [1.54, 1.807) is 0 Å². The summed E-state index contributed by atoms with van der Waals surface area (Å²) in [7, 11) is 0. The topological polar surface area (TPSA) is 78.9 Å². The molecule has 0 aliphatic rings. The van der Waals surface area contributed by atoms with E-state index in [9.17, 15) is 14.4 Å². The van der Waals surface area contributed by atoms with Gasteiger partial charge in [0.05, 0.1) is 0 Å². The van der Waals surface area contributed by atoms with Crippen LogP contribution in [-0.2, 0) is 28.6 Å². The van der Waals surface area contributed by atoms with Gasteiger partial charge < -0.3 is 14.2 Å². The van der Waals surface area contributed by atoms with E-state index < -0.39 is 6.10 Å². The monoisotopic (exact) mass is 1130 g/mol. The molecule has 6 heteroatoms. The Morgan fingerprint density at radius 3 is 0.780 bits per heavy atom. The highest BCUT2D eigenvalue weighted by molar-refractivity contribution is 5.71. The first-order valence-corrected chi connectivity index (χ1v) is 33.5. The molecule has 0 radical (unpaired) electrons. The Kier molecular flexibility index (Phi) is 64.4. The molecule has 0 rings (SSSR count). The van der Waals surface area contributed by atoms with Crippen molar-refractivity contribution in [3.05, 3.63) is 158 Å². The second-order valence-electron chi connectivity index (χ2n) is 21.6. The Labute approximate surface area is 505 Å². The molecular formula is C76H122O6. The smallest absolute Gasteiger partial charge is 0.306 e. The van der Waals surface area contributed by atoms with Crippen LogP contribution < -0.4 is 0 Å². The number of ether oxygens (including phenoxy) is 3. The minimum Gasteiger partial charge on any atom is -0.462 e. The highest BCUT2D eigenvalue weighted by Crippen LogP contribution is 2.16. The van der Waals surface area contributed by atoms with Crippen molar-refractivity contribution in [2.24, 2.45) is 0 Å². The maximum atomic E-state index is 12.9. The fourth-order valence-electron chi connectivity index (χ4n) is 8.80. The zero-order valence-corrected chi connectivity index (χ0v) is 52.9. The Morgan fingerprint density at radius 2 is 0.476 bits per heavy atom. The third kappa shape index (κ3) is 65.8. The van der Waals surface area contributed by atoms with Crippen molar-refractivity contribution >= 4 is 17.9 Å². The van der Waals surface area contributed by atoms with E-state index in [-0.39, 0.29) is 31.1 Å². The lowest BCUT2D eigenvalue weighted by atomic mass is 10.0. The van der Waals surface area contributed by atoms with Crippen molar-refractivity contribution < 1.29 is 28.6 Å². The van der Waals surface area contributed by atoms with Gasteiger partial charge in [-0.3, -0.25) is 14.4 Å². The summed E-state index contributed by atoms with van der Waals surface area (Å²) in [6.45, 7) is 6.31. The largest absolute Gasteiger partial charge is 0.462 e. The molecule has 0 amide bonds. The van der Waals surface area contributed by atoms with Crippen LogP contribution in [0.5, 0.6) is 0 Å². The predicted molar refractivity (Wildman–Crippen MR) is 357 cm³/mol. The standard InChI is InChI=1S/C76H122O6/c1-4-7-10-13-16-19-22-24-26-28-30-32-34-36-38-40-42-44-46-48-50-52-54-57-60-63-66-69-75(78)81-72-73(71-80-74(77)68-65-62-59-56-21-18-15-12-9-6-3)82-76(79)70-67-64-61-58-55-53-51-49-47-45-43-41-39-37-35-33-31-29-27-25-23-20-17-14-11-8-5-2/h7-8,10-12,15-17,19-20,24-27,30-33,36,38,42,44,48,50,54,57,73H,4-6,9,13-14,18,21-23,28-29,34-35,37,39-41,43,45-47,49,51-53,55-56,58-72H2,1-3H3/b10-7-,11-8-,15-12-,19-16-,20-17-,26-24-,27-25-,32-30-,33-31-,38-36-,44-42-,50-48-,57-54-. The SMILES string of the molecule is CC/C=C\C/C=C\C/C=C\C/C=C\C/C=C\C/C=C\C/C=C\C/C=C\CCCCC(=O)OCC(COC(=O)CCCCCCC/C=C\CCC)OC(=O)CCCCCCCCCCCCCCCC/C=C\C/C=C\C/C=C\C/C=C\CC. The van der Waals surface area contributed by atoms with Crippen LogP contribution in [0.2, 0.25) is 0 Å². The molecule has 0 saturated carbocycles. The van der Waals surface area contributed by atoms with Gasteiger partial charge in [-0.05, 0) is 141 Å². The molecule has 0 heterocycles. The molecule has 0 bridgehead atoms. The summed E-state index contributed by atoms with van der Waals surface area (Å²) < 4.78 is 16.9. The van der Waals surface area contributed by atoms with Gasteiger partial charge in [-0.1, -0.05) is 281 Å². The quantitative estimate of drug-likeness (QED) is 0.0261. The third-order valence-corrected chi connectivity index (χ3v) is 13.7. The van der Waals surface area contributed by atoms with Gasteiger partial charge in [-0.25, -0.2) is 0 Å². The molecular weight excluding hydrogens is 1010 g/mol. The van der Waals surface area contributed by atoms with Crippen LogP contribution in [0, 0.1) is 0 Å². The Bertz CT molecular complexity index is 1830. The molecule has 462 valence electrons. The van der Waals surface area contributed by atoms with Crippen molar-refractivity contribution in [3.8, 4) is 0 Å². The number of carbonyl (C=O) groups is 3. The second-order valence-corrected chi connectivity index (χ2v) is 21.6.